The zero-order valence-corrected chi connectivity index (χ0v) is 15.7. The Labute approximate surface area is 163 Å². The van der Waals surface area contributed by atoms with Gasteiger partial charge in [0.2, 0.25) is 0 Å². The van der Waals surface area contributed by atoms with Crippen molar-refractivity contribution in [3.8, 4) is 11.3 Å². The Morgan fingerprint density at radius 1 is 1.11 bits per heavy atom. The number of nitrogens with zero attached hydrogens (tertiary/aromatic N) is 1. The van der Waals surface area contributed by atoms with E-state index in [1.54, 1.807) is 12.3 Å². The molecule has 0 aliphatic rings. The van der Waals surface area contributed by atoms with Crippen LogP contribution >= 0.6 is 0 Å². The molecule has 28 heavy (non-hydrogen) atoms. The molecule has 2 aromatic carbocycles. The number of amides is 1. The number of esters is 1. The van der Waals surface area contributed by atoms with Crippen molar-refractivity contribution in [3.63, 3.8) is 0 Å². The van der Waals surface area contributed by atoms with Crippen molar-refractivity contribution in [2.75, 3.05) is 11.9 Å². The minimum absolute atomic E-state index is 0.0906. The van der Waals surface area contributed by atoms with Crippen LogP contribution in [0.4, 0.5) is 5.69 Å². The van der Waals surface area contributed by atoms with Crippen LogP contribution in [0, 0.1) is 0 Å². The second-order valence-electron chi connectivity index (χ2n) is 6.25. The van der Waals surface area contributed by atoms with Crippen LogP contribution < -0.4 is 5.32 Å². The minimum Gasteiger partial charge on any atom is -0.456 e. The number of aryl methyl sites for hydroxylation is 2. The molecule has 144 valence electrons. The van der Waals surface area contributed by atoms with Crippen molar-refractivity contribution in [3.05, 3.63) is 72.2 Å². The monoisotopic (exact) mass is 378 g/mol. The first-order valence-electron chi connectivity index (χ1n) is 9.18. The minimum atomic E-state index is -0.475. The molecular formula is C22H22N2O4. The van der Waals surface area contributed by atoms with E-state index in [4.69, 9.17) is 9.15 Å². The normalized spacial score (nSPS) is 10.5. The summed E-state index contributed by atoms with van der Waals surface area (Å²) < 4.78 is 10.7. The first-order valence-corrected chi connectivity index (χ1v) is 9.18. The van der Waals surface area contributed by atoms with E-state index in [2.05, 4.69) is 10.3 Å². The number of anilines is 1. The van der Waals surface area contributed by atoms with Crippen LogP contribution in [-0.2, 0) is 27.2 Å². The molecule has 3 rings (SSSR count). The van der Waals surface area contributed by atoms with E-state index in [0.29, 0.717) is 23.8 Å². The van der Waals surface area contributed by atoms with Gasteiger partial charge in [0, 0.05) is 17.7 Å². The highest BCUT2D eigenvalue weighted by atomic mass is 16.5. The molecule has 0 bridgehead atoms. The van der Waals surface area contributed by atoms with Gasteiger partial charge >= 0.3 is 5.97 Å². The van der Waals surface area contributed by atoms with Crippen molar-refractivity contribution in [2.45, 2.75) is 26.2 Å². The van der Waals surface area contributed by atoms with E-state index >= 15 is 0 Å². The molecule has 3 aromatic rings. The average Bonchev–Trinajstić information content (AvgIpc) is 3.20. The predicted molar refractivity (Wildman–Crippen MR) is 106 cm³/mol. The van der Waals surface area contributed by atoms with Crippen LogP contribution in [0.1, 0.15) is 24.8 Å². The maximum atomic E-state index is 11.9. The van der Waals surface area contributed by atoms with Gasteiger partial charge in [-0.25, -0.2) is 4.98 Å². The van der Waals surface area contributed by atoms with Gasteiger partial charge in [0.25, 0.3) is 5.91 Å². The number of oxazole rings is 1. The van der Waals surface area contributed by atoms with E-state index < -0.39 is 5.97 Å². The lowest BCUT2D eigenvalue weighted by molar-refractivity contribution is -0.147. The topological polar surface area (TPSA) is 81.4 Å². The van der Waals surface area contributed by atoms with Gasteiger partial charge in [-0.3, -0.25) is 9.59 Å². The van der Waals surface area contributed by atoms with Crippen molar-refractivity contribution in [1.82, 2.24) is 4.98 Å². The molecule has 0 saturated carbocycles. The molecule has 6 nitrogen and oxygen atoms in total. The number of hydrogen-bond donors (Lipinski definition) is 1. The van der Waals surface area contributed by atoms with E-state index in [9.17, 15) is 9.59 Å². The number of ether oxygens (including phenoxy) is 1. The SMILES string of the molecule is CCc1cccc(NC(=O)COC(=O)CCc2ncc(-c3ccccc3)o2)c1. The summed E-state index contributed by atoms with van der Waals surface area (Å²) in [5.41, 5.74) is 2.73. The fourth-order valence-electron chi connectivity index (χ4n) is 2.65. The maximum Gasteiger partial charge on any atom is 0.306 e. The van der Waals surface area contributed by atoms with Crippen LogP contribution in [0.5, 0.6) is 0 Å². The highest BCUT2D eigenvalue weighted by molar-refractivity contribution is 5.92. The van der Waals surface area contributed by atoms with E-state index in [1.165, 1.54) is 0 Å². The Hall–Kier alpha value is -3.41. The summed E-state index contributed by atoms with van der Waals surface area (Å²) in [6.07, 6.45) is 2.92. The molecule has 0 saturated heterocycles. The van der Waals surface area contributed by atoms with Gasteiger partial charge in [-0.05, 0) is 24.1 Å². The summed E-state index contributed by atoms with van der Waals surface area (Å²) >= 11 is 0. The first kappa shape index (κ1) is 19.4. The van der Waals surface area contributed by atoms with Crippen LogP contribution in [0.3, 0.4) is 0 Å². The predicted octanol–water partition coefficient (Wildman–Crippen LogP) is 4.02. The standard InChI is InChI=1S/C22H22N2O4/c1-2-16-7-6-10-18(13-16)24-20(25)15-27-22(26)12-11-21-23-14-19(28-21)17-8-4-3-5-9-17/h3-10,13-14H,2,11-12,15H2,1H3,(H,24,25). The average molecular weight is 378 g/mol. The Morgan fingerprint density at radius 2 is 1.93 bits per heavy atom. The highest BCUT2D eigenvalue weighted by Gasteiger charge is 2.11. The van der Waals surface area contributed by atoms with E-state index in [0.717, 1.165) is 17.5 Å². The largest absolute Gasteiger partial charge is 0.456 e. The van der Waals surface area contributed by atoms with Gasteiger partial charge in [0.1, 0.15) is 0 Å². The van der Waals surface area contributed by atoms with Crippen molar-refractivity contribution in [1.29, 1.82) is 0 Å². The fraction of sp³-hybridized carbons (Fsp3) is 0.227. The molecular weight excluding hydrogens is 356 g/mol. The summed E-state index contributed by atoms with van der Waals surface area (Å²) in [7, 11) is 0. The molecule has 6 heteroatoms. The lowest BCUT2D eigenvalue weighted by Gasteiger charge is -2.07. The summed E-state index contributed by atoms with van der Waals surface area (Å²) in [5, 5.41) is 2.72. The number of hydrogen-bond acceptors (Lipinski definition) is 5. The zero-order chi connectivity index (χ0) is 19.8. The van der Waals surface area contributed by atoms with Crippen LogP contribution in [0.15, 0.2) is 65.2 Å². The number of benzene rings is 2. The lowest BCUT2D eigenvalue weighted by atomic mass is 10.1. The first-order chi connectivity index (χ1) is 13.6. The molecule has 0 unspecified atom stereocenters. The third kappa shape index (κ3) is 5.54. The molecule has 1 heterocycles. The molecule has 0 spiro atoms. The summed E-state index contributed by atoms with van der Waals surface area (Å²) in [4.78, 5) is 28.0. The molecule has 1 N–H and O–H groups in total. The van der Waals surface area contributed by atoms with Crippen molar-refractivity contribution in [2.24, 2.45) is 0 Å². The smallest absolute Gasteiger partial charge is 0.306 e. The number of carbonyl (C=O) groups is 2. The van der Waals surface area contributed by atoms with Crippen molar-refractivity contribution < 1.29 is 18.7 Å². The van der Waals surface area contributed by atoms with Gasteiger partial charge in [0.05, 0.1) is 12.6 Å². The molecule has 0 radical (unpaired) electrons. The Balaban J connectivity index is 1.42. The highest BCUT2D eigenvalue weighted by Crippen LogP contribution is 2.20. The Kier molecular flexibility index (Phi) is 6.57. The van der Waals surface area contributed by atoms with E-state index in [-0.39, 0.29) is 18.9 Å². The second-order valence-corrected chi connectivity index (χ2v) is 6.25. The molecule has 0 aliphatic carbocycles. The quantitative estimate of drug-likeness (QED) is 0.599. The van der Waals surface area contributed by atoms with E-state index in [1.807, 2.05) is 55.5 Å². The molecule has 1 aromatic heterocycles. The van der Waals surface area contributed by atoms with Gasteiger partial charge in [-0.15, -0.1) is 0 Å². The van der Waals surface area contributed by atoms with Gasteiger partial charge in [0.15, 0.2) is 18.3 Å². The van der Waals surface area contributed by atoms with Gasteiger partial charge in [-0.1, -0.05) is 49.4 Å². The lowest BCUT2D eigenvalue weighted by Crippen LogP contribution is -2.21. The number of rotatable bonds is 8. The van der Waals surface area contributed by atoms with Crippen LogP contribution in [0.25, 0.3) is 11.3 Å². The Bertz CT molecular complexity index is 934. The van der Waals surface area contributed by atoms with Crippen LogP contribution in [-0.4, -0.2) is 23.5 Å². The number of carbonyl (C=O) groups excluding carboxylic acids is 2. The second kappa shape index (κ2) is 9.50. The summed E-state index contributed by atoms with van der Waals surface area (Å²) in [6, 6.07) is 17.2. The molecule has 1 amide bonds. The van der Waals surface area contributed by atoms with Gasteiger partial charge < -0.3 is 14.5 Å². The van der Waals surface area contributed by atoms with Crippen molar-refractivity contribution >= 4 is 17.6 Å². The third-order valence-electron chi connectivity index (χ3n) is 4.14. The number of nitrogens with one attached hydrogen (secondary N) is 1. The molecule has 0 aliphatic heterocycles. The van der Waals surface area contributed by atoms with Crippen LogP contribution in [0.2, 0.25) is 0 Å². The van der Waals surface area contributed by atoms with Gasteiger partial charge in [-0.2, -0.15) is 0 Å². The fourth-order valence-corrected chi connectivity index (χ4v) is 2.65. The molecule has 0 atom stereocenters. The molecule has 0 fully saturated rings. The zero-order valence-electron chi connectivity index (χ0n) is 15.7. The summed E-state index contributed by atoms with van der Waals surface area (Å²) in [6.45, 7) is 1.72. The third-order valence-corrected chi connectivity index (χ3v) is 4.14. The Morgan fingerprint density at radius 3 is 2.71 bits per heavy atom. The number of aromatic nitrogens is 1. The maximum absolute atomic E-state index is 11.9. The summed E-state index contributed by atoms with van der Waals surface area (Å²) in [5.74, 6) is 0.260.